The lowest BCUT2D eigenvalue weighted by atomic mass is 10.0. The first-order valence-corrected chi connectivity index (χ1v) is 18.9. The number of thiol groups is 2. The number of carbonyl (C=O) groups is 2. The van der Waals surface area contributed by atoms with E-state index in [0.29, 0.717) is 6.42 Å². The van der Waals surface area contributed by atoms with E-state index >= 15 is 0 Å². The average molecular weight is 633 g/mol. The van der Waals surface area contributed by atoms with Crippen molar-refractivity contribution in [3.05, 3.63) is 0 Å². The van der Waals surface area contributed by atoms with Crippen LogP contribution in [0.1, 0.15) is 194 Å². The summed E-state index contributed by atoms with van der Waals surface area (Å²) in [6.07, 6.45) is 31.8. The normalized spacial score (nSPS) is 13.5. The number of rotatable bonds is 32. The summed E-state index contributed by atoms with van der Waals surface area (Å²) in [5.41, 5.74) is -2.31. The Balaban J connectivity index is 3.80. The molecule has 0 radical (unpaired) electrons. The number of esters is 2. The maximum Gasteiger partial charge on any atom is 0.307 e. The minimum atomic E-state index is -1.27. The fourth-order valence-electron chi connectivity index (χ4n) is 5.31. The van der Waals surface area contributed by atoms with Gasteiger partial charge in [0.1, 0.15) is 5.44 Å². The van der Waals surface area contributed by atoms with Gasteiger partial charge in [0.25, 0.3) is 0 Å². The van der Waals surface area contributed by atoms with Crippen LogP contribution in [-0.4, -0.2) is 34.0 Å². The molecule has 250 valence electrons. The van der Waals surface area contributed by atoms with Crippen LogP contribution in [0.3, 0.4) is 0 Å². The predicted molar refractivity (Wildman–Crippen MR) is 184 cm³/mol. The summed E-state index contributed by atoms with van der Waals surface area (Å²) >= 11 is 8.30. The molecule has 0 aromatic carbocycles. The second kappa shape index (κ2) is 32.0. The van der Waals surface area contributed by atoms with Gasteiger partial charge in [0.05, 0.1) is 0 Å². The molecular weight excluding hydrogens is 565 g/mol. The Morgan fingerprint density at radius 3 is 1.02 bits per heavy atom. The van der Waals surface area contributed by atoms with Crippen LogP contribution in [0.2, 0.25) is 0 Å². The number of aliphatic hydroxyl groups excluding tert-OH is 1. The van der Waals surface area contributed by atoms with Crippen LogP contribution in [0.25, 0.3) is 0 Å². The van der Waals surface area contributed by atoms with Crippen molar-refractivity contribution in [3.8, 4) is 0 Å². The molecule has 0 aliphatic carbocycles. The zero-order chi connectivity index (χ0) is 31.1. The molecule has 0 heterocycles. The summed E-state index contributed by atoms with van der Waals surface area (Å²) in [6.45, 7) is 4.51. The van der Waals surface area contributed by atoms with Gasteiger partial charge in [-0.15, -0.1) is 25.3 Å². The zero-order valence-corrected chi connectivity index (χ0v) is 29.3. The van der Waals surface area contributed by atoms with Gasteiger partial charge in [0.15, 0.2) is 11.5 Å². The Morgan fingerprint density at radius 1 is 0.476 bits per heavy atom. The molecule has 0 aromatic heterocycles. The van der Waals surface area contributed by atoms with E-state index in [9.17, 15) is 14.7 Å². The third-order valence-electron chi connectivity index (χ3n) is 8.06. The van der Waals surface area contributed by atoms with Gasteiger partial charge in [-0.2, -0.15) is 0 Å². The second-order valence-electron chi connectivity index (χ2n) is 12.2. The summed E-state index contributed by atoms with van der Waals surface area (Å²) in [5, 5.41) is 9.97. The predicted octanol–water partition coefficient (Wildman–Crippen LogP) is 10.9. The van der Waals surface area contributed by atoms with Crippen LogP contribution >= 0.6 is 25.3 Å². The van der Waals surface area contributed by atoms with Crippen LogP contribution in [0, 0.1) is 0 Å². The number of unbranched alkanes of at least 4 members (excludes halogenated alkanes) is 24. The van der Waals surface area contributed by atoms with E-state index < -0.39 is 22.9 Å². The molecule has 7 heteroatoms. The van der Waals surface area contributed by atoms with Gasteiger partial charge in [-0.05, 0) is 12.8 Å². The van der Waals surface area contributed by atoms with Crippen molar-refractivity contribution < 1.29 is 24.2 Å². The number of ether oxygens (including phenoxy) is 2. The third kappa shape index (κ3) is 28.4. The van der Waals surface area contributed by atoms with E-state index in [0.717, 1.165) is 38.5 Å². The summed E-state index contributed by atoms with van der Waals surface area (Å²) in [6, 6.07) is 0. The number of hydrogen-bond donors (Lipinski definition) is 3. The molecule has 3 unspecified atom stereocenters. The Hall–Kier alpha value is -0.400. The highest BCUT2D eigenvalue weighted by atomic mass is 32.1. The molecule has 0 fully saturated rings. The topological polar surface area (TPSA) is 72.8 Å². The molecule has 0 rings (SSSR count). The Morgan fingerprint density at radius 2 is 0.738 bits per heavy atom. The van der Waals surface area contributed by atoms with Gasteiger partial charge >= 0.3 is 11.9 Å². The van der Waals surface area contributed by atoms with Crippen molar-refractivity contribution in [2.75, 3.05) is 0 Å². The maximum absolute atomic E-state index is 12.3. The van der Waals surface area contributed by atoms with Crippen molar-refractivity contribution >= 4 is 37.2 Å². The van der Waals surface area contributed by atoms with E-state index in [1.54, 1.807) is 0 Å². The van der Waals surface area contributed by atoms with Gasteiger partial charge in [0, 0.05) is 12.8 Å². The Bertz CT molecular complexity index is 602. The van der Waals surface area contributed by atoms with Gasteiger partial charge in [-0.1, -0.05) is 168 Å². The fourth-order valence-corrected chi connectivity index (χ4v) is 6.01. The SMILES string of the molecule is CCCCCCCCCCCCCCCC(=O)OC(S)C(OC(=O)CCCCCCCCCCCCCCC)C(O)S. The van der Waals surface area contributed by atoms with Crippen LogP contribution in [0.4, 0.5) is 0 Å². The van der Waals surface area contributed by atoms with Gasteiger partial charge in [-0.25, -0.2) is 0 Å². The van der Waals surface area contributed by atoms with Crippen LogP contribution in [0.5, 0.6) is 0 Å². The molecule has 0 amide bonds. The van der Waals surface area contributed by atoms with Gasteiger partial charge in [-0.3, -0.25) is 9.59 Å². The summed E-state index contributed by atoms with van der Waals surface area (Å²) in [7, 11) is 0. The highest BCUT2D eigenvalue weighted by Gasteiger charge is 2.30. The minimum Gasteiger partial charge on any atom is -0.454 e. The van der Waals surface area contributed by atoms with Gasteiger partial charge < -0.3 is 14.6 Å². The van der Waals surface area contributed by atoms with Gasteiger partial charge in [0.2, 0.25) is 0 Å². The standard InChI is InChI=1S/C35H68O5S2/c1-3-5-7-9-11-13-15-17-19-21-23-25-27-29-31(36)39-33(34(38)41)35(42)40-32(37)30-28-26-24-22-20-18-16-14-12-10-8-6-4-2/h33-35,38,41-42H,3-30H2,1-2H3. The first-order valence-electron chi connectivity index (χ1n) is 17.9. The van der Waals surface area contributed by atoms with Crippen molar-refractivity contribution in [2.24, 2.45) is 0 Å². The quantitative estimate of drug-likeness (QED) is 0.0298. The number of carbonyl (C=O) groups excluding carboxylic acids is 2. The van der Waals surface area contributed by atoms with E-state index in [4.69, 9.17) is 9.47 Å². The lowest BCUT2D eigenvalue weighted by Gasteiger charge is -2.25. The molecule has 42 heavy (non-hydrogen) atoms. The third-order valence-corrected chi connectivity index (χ3v) is 8.76. The van der Waals surface area contributed by atoms with E-state index in [2.05, 4.69) is 39.1 Å². The molecule has 0 aromatic rings. The molecule has 5 nitrogen and oxygen atoms in total. The maximum atomic E-state index is 12.3. The number of hydrogen-bond acceptors (Lipinski definition) is 7. The van der Waals surface area contributed by atoms with E-state index in [-0.39, 0.29) is 12.4 Å². The molecule has 0 saturated heterocycles. The fraction of sp³-hybridized carbons (Fsp3) is 0.943. The first kappa shape index (κ1) is 41.6. The Kier molecular flexibility index (Phi) is 31.7. The van der Waals surface area contributed by atoms with E-state index in [1.807, 2.05) is 0 Å². The van der Waals surface area contributed by atoms with Crippen LogP contribution < -0.4 is 0 Å². The summed E-state index contributed by atoms with van der Waals surface area (Å²) in [5.74, 6) is -0.799. The summed E-state index contributed by atoms with van der Waals surface area (Å²) < 4.78 is 10.7. The molecule has 0 saturated carbocycles. The smallest absolute Gasteiger partial charge is 0.307 e. The van der Waals surface area contributed by atoms with Crippen LogP contribution in [0.15, 0.2) is 0 Å². The second-order valence-corrected chi connectivity index (χ2v) is 13.3. The molecule has 0 aliphatic heterocycles. The molecular formula is C35H68O5S2. The molecule has 0 aliphatic rings. The van der Waals surface area contributed by atoms with Crippen molar-refractivity contribution in [2.45, 2.75) is 211 Å². The molecule has 3 atom stereocenters. The molecule has 1 N–H and O–H groups in total. The Labute approximate surface area is 271 Å². The molecule has 0 spiro atoms. The van der Waals surface area contributed by atoms with Crippen molar-refractivity contribution in [1.82, 2.24) is 0 Å². The van der Waals surface area contributed by atoms with Crippen molar-refractivity contribution in [1.29, 1.82) is 0 Å². The largest absolute Gasteiger partial charge is 0.454 e. The number of aliphatic hydroxyl groups is 1. The lowest BCUT2D eigenvalue weighted by Crippen LogP contribution is -2.38. The highest BCUT2D eigenvalue weighted by Crippen LogP contribution is 2.19. The van der Waals surface area contributed by atoms with E-state index in [1.165, 1.54) is 128 Å². The molecule has 0 bridgehead atoms. The zero-order valence-electron chi connectivity index (χ0n) is 27.5. The minimum absolute atomic E-state index is 0.280. The lowest BCUT2D eigenvalue weighted by molar-refractivity contribution is -0.165. The first-order chi connectivity index (χ1) is 20.4. The summed E-state index contributed by atoms with van der Waals surface area (Å²) in [4.78, 5) is 24.6. The van der Waals surface area contributed by atoms with Crippen molar-refractivity contribution in [3.63, 3.8) is 0 Å². The monoisotopic (exact) mass is 632 g/mol. The average Bonchev–Trinajstić information content (AvgIpc) is 2.96. The highest BCUT2D eigenvalue weighted by molar-refractivity contribution is 7.81. The van der Waals surface area contributed by atoms with Crippen LogP contribution in [-0.2, 0) is 19.1 Å².